The summed E-state index contributed by atoms with van der Waals surface area (Å²) in [5, 5.41) is 0. The largest absolute Gasteiger partial charge is 0.464 e. The Morgan fingerprint density at radius 1 is 1.25 bits per heavy atom. The number of imide groups is 1. The molecule has 0 spiro atoms. The molecule has 1 aromatic carbocycles. The van der Waals surface area contributed by atoms with Gasteiger partial charge in [0.25, 0.3) is 11.8 Å². The van der Waals surface area contributed by atoms with E-state index in [1.165, 1.54) is 0 Å². The first-order valence-electron chi connectivity index (χ1n) is 6.21. The summed E-state index contributed by atoms with van der Waals surface area (Å²) in [6, 6.07) is 4.83. The Bertz CT molecular complexity index is 583. The van der Waals surface area contributed by atoms with E-state index in [0.717, 1.165) is 4.90 Å². The molecule has 0 fully saturated rings. The van der Waals surface area contributed by atoms with Crippen molar-refractivity contribution >= 4 is 33.7 Å². The van der Waals surface area contributed by atoms with Crippen LogP contribution >= 0.6 is 15.9 Å². The van der Waals surface area contributed by atoms with Gasteiger partial charge in [0.1, 0.15) is 6.54 Å². The molecule has 1 aromatic rings. The second kappa shape index (κ2) is 5.75. The number of ether oxygens (including phenoxy) is 1. The highest BCUT2D eigenvalue weighted by atomic mass is 79.9. The zero-order valence-electron chi connectivity index (χ0n) is 11.2. The fraction of sp³-hybridized carbons (Fsp3) is 0.357. The number of halogens is 1. The summed E-state index contributed by atoms with van der Waals surface area (Å²) in [5.74, 6) is -1.30. The topological polar surface area (TPSA) is 63.7 Å². The molecule has 0 aliphatic carbocycles. The summed E-state index contributed by atoms with van der Waals surface area (Å²) >= 11 is 3.25. The Morgan fingerprint density at radius 2 is 1.90 bits per heavy atom. The zero-order chi connectivity index (χ0) is 14.9. The molecule has 5 nitrogen and oxygen atoms in total. The van der Waals surface area contributed by atoms with Crippen LogP contribution in [0.25, 0.3) is 0 Å². The lowest BCUT2D eigenvalue weighted by Gasteiger charge is -2.13. The predicted octanol–water partition coefficient (Wildman–Crippen LogP) is 2.24. The van der Waals surface area contributed by atoms with E-state index in [2.05, 4.69) is 15.9 Å². The number of benzene rings is 1. The fourth-order valence-electron chi connectivity index (χ4n) is 1.84. The van der Waals surface area contributed by atoms with Gasteiger partial charge in [-0.2, -0.15) is 0 Å². The lowest BCUT2D eigenvalue weighted by atomic mass is 10.1. The number of esters is 1. The predicted molar refractivity (Wildman–Crippen MR) is 75.3 cm³/mol. The van der Waals surface area contributed by atoms with E-state index in [0.29, 0.717) is 15.6 Å². The van der Waals surface area contributed by atoms with Crippen molar-refractivity contribution in [2.24, 2.45) is 5.92 Å². The van der Waals surface area contributed by atoms with E-state index in [1.807, 2.05) is 13.8 Å². The van der Waals surface area contributed by atoms with E-state index < -0.39 is 17.8 Å². The van der Waals surface area contributed by atoms with E-state index in [-0.39, 0.29) is 19.1 Å². The van der Waals surface area contributed by atoms with Gasteiger partial charge in [0.05, 0.1) is 17.7 Å². The van der Waals surface area contributed by atoms with E-state index in [9.17, 15) is 14.4 Å². The van der Waals surface area contributed by atoms with E-state index in [1.54, 1.807) is 18.2 Å². The van der Waals surface area contributed by atoms with Crippen LogP contribution in [0.5, 0.6) is 0 Å². The van der Waals surface area contributed by atoms with Crippen LogP contribution in [0.15, 0.2) is 22.7 Å². The maximum absolute atomic E-state index is 12.1. The third kappa shape index (κ3) is 2.90. The molecule has 1 heterocycles. The normalized spacial score (nSPS) is 13.9. The van der Waals surface area contributed by atoms with Crippen LogP contribution in [-0.4, -0.2) is 35.8 Å². The fourth-order valence-corrected chi connectivity index (χ4v) is 2.20. The molecule has 0 saturated carbocycles. The summed E-state index contributed by atoms with van der Waals surface area (Å²) in [7, 11) is 0. The Hall–Kier alpha value is -1.69. The lowest BCUT2D eigenvalue weighted by molar-refractivity contribution is -0.144. The minimum Gasteiger partial charge on any atom is -0.464 e. The quantitative estimate of drug-likeness (QED) is 0.623. The van der Waals surface area contributed by atoms with Gasteiger partial charge in [0, 0.05) is 4.47 Å². The third-order valence-corrected chi connectivity index (χ3v) is 3.29. The molecule has 20 heavy (non-hydrogen) atoms. The monoisotopic (exact) mass is 339 g/mol. The second-order valence-corrected chi connectivity index (χ2v) is 5.88. The van der Waals surface area contributed by atoms with Gasteiger partial charge in [-0.15, -0.1) is 0 Å². The molecular formula is C14H14BrNO4. The van der Waals surface area contributed by atoms with Crippen molar-refractivity contribution in [3.8, 4) is 0 Å². The molecule has 0 aromatic heterocycles. The molecule has 0 radical (unpaired) electrons. The van der Waals surface area contributed by atoms with Gasteiger partial charge in [-0.05, 0) is 24.1 Å². The van der Waals surface area contributed by atoms with Gasteiger partial charge in [-0.1, -0.05) is 29.8 Å². The average molecular weight is 340 g/mol. The number of carbonyl (C=O) groups excluding carboxylic acids is 3. The molecule has 2 rings (SSSR count). The standard InChI is InChI=1S/C14H14BrNO4/c1-8(2)7-20-12(17)6-16-13(18)10-4-3-9(15)5-11(10)14(16)19/h3-5,8H,6-7H2,1-2H3. The minimum absolute atomic E-state index is 0.206. The number of nitrogens with zero attached hydrogens (tertiary/aromatic N) is 1. The summed E-state index contributed by atoms with van der Waals surface area (Å²) in [4.78, 5) is 36.7. The van der Waals surface area contributed by atoms with Gasteiger partial charge in [0.2, 0.25) is 0 Å². The van der Waals surface area contributed by atoms with Crippen molar-refractivity contribution in [1.82, 2.24) is 4.90 Å². The summed E-state index contributed by atoms with van der Waals surface area (Å²) in [6.07, 6.45) is 0. The van der Waals surface area contributed by atoms with Gasteiger partial charge in [-0.25, -0.2) is 0 Å². The first-order valence-corrected chi connectivity index (χ1v) is 7.01. The van der Waals surface area contributed by atoms with Gasteiger partial charge >= 0.3 is 5.97 Å². The molecule has 1 aliphatic heterocycles. The highest BCUT2D eigenvalue weighted by molar-refractivity contribution is 9.10. The summed E-state index contributed by atoms with van der Waals surface area (Å²) in [6.45, 7) is 3.74. The Kier molecular flexibility index (Phi) is 4.23. The third-order valence-electron chi connectivity index (χ3n) is 2.80. The number of fused-ring (bicyclic) bond motifs is 1. The molecule has 6 heteroatoms. The van der Waals surface area contributed by atoms with E-state index in [4.69, 9.17) is 4.74 Å². The number of hydrogen-bond acceptors (Lipinski definition) is 4. The minimum atomic E-state index is -0.577. The van der Waals surface area contributed by atoms with Crippen LogP contribution in [0.1, 0.15) is 34.6 Å². The second-order valence-electron chi connectivity index (χ2n) is 4.96. The summed E-state index contributed by atoms with van der Waals surface area (Å²) in [5.41, 5.74) is 0.621. The Morgan fingerprint density at radius 3 is 2.55 bits per heavy atom. The van der Waals surface area contributed by atoms with Crippen molar-refractivity contribution in [2.75, 3.05) is 13.2 Å². The molecule has 0 atom stereocenters. The van der Waals surface area contributed by atoms with Crippen LogP contribution in [-0.2, 0) is 9.53 Å². The smallest absolute Gasteiger partial charge is 0.326 e. The first kappa shape index (κ1) is 14.7. The van der Waals surface area contributed by atoms with Crippen molar-refractivity contribution in [1.29, 1.82) is 0 Å². The van der Waals surface area contributed by atoms with Gasteiger partial charge in [-0.3, -0.25) is 19.3 Å². The Balaban J connectivity index is 2.11. The molecular weight excluding hydrogens is 326 g/mol. The molecule has 0 unspecified atom stereocenters. The molecule has 0 N–H and O–H groups in total. The van der Waals surface area contributed by atoms with Crippen molar-refractivity contribution in [3.63, 3.8) is 0 Å². The van der Waals surface area contributed by atoms with Gasteiger partial charge < -0.3 is 4.74 Å². The highest BCUT2D eigenvalue weighted by Crippen LogP contribution is 2.25. The van der Waals surface area contributed by atoms with Crippen LogP contribution in [0.2, 0.25) is 0 Å². The van der Waals surface area contributed by atoms with Crippen LogP contribution in [0, 0.1) is 5.92 Å². The maximum atomic E-state index is 12.1. The van der Waals surface area contributed by atoms with Crippen LogP contribution < -0.4 is 0 Å². The van der Waals surface area contributed by atoms with Crippen LogP contribution in [0.4, 0.5) is 0 Å². The number of hydrogen-bond donors (Lipinski definition) is 0. The number of amides is 2. The maximum Gasteiger partial charge on any atom is 0.326 e. The van der Waals surface area contributed by atoms with Crippen molar-refractivity contribution in [2.45, 2.75) is 13.8 Å². The summed E-state index contributed by atoms with van der Waals surface area (Å²) < 4.78 is 5.70. The number of rotatable bonds is 4. The molecule has 2 amide bonds. The number of carbonyl (C=O) groups is 3. The molecule has 0 bridgehead atoms. The Labute approximate surface area is 125 Å². The van der Waals surface area contributed by atoms with Gasteiger partial charge in [0.15, 0.2) is 0 Å². The van der Waals surface area contributed by atoms with Crippen molar-refractivity contribution < 1.29 is 19.1 Å². The lowest BCUT2D eigenvalue weighted by Crippen LogP contribution is -2.36. The molecule has 0 saturated heterocycles. The molecule has 106 valence electrons. The average Bonchev–Trinajstić information content (AvgIpc) is 2.61. The zero-order valence-corrected chi connectivity index (χ0v) is 12.8. The molecule has 1 aliphatic rings. The first-order chi connectivity index (χ1) is 9.40. The van der Waals surface area contributed by atoms with E-state index >= 15 is 0 Å². The van der Waals surface area contributed by atoms with Crippen molar-refractivity contribution in [3.05, 3.63) is 33.8 Å². The van der Waals surface area contributed by atoms with Crippen LogP contribution in [0.3, 0.4) is 0 Å². The highest BCUT2D eigenvalue weighted by Gasteiger charge is 2.37. The SMILES string of the molecule is CC(C)COC(=O)CN1C(=O)c2ccc(Br)cc2C1=O.